The van der Waals surface area contributed by atoms with Crippen molar-refractivity contribution in [2.45, 2.75) is 31.5 Å². The zero-order chi connectivity index (χ0) is 18.8. The van der Waals surface area contributed by atoms with E-state index >= 15 is 0 Å². The molecule has 24 heavy (non-hydrogen) atoms. The molecule has 5 N–H and O–H groups in total. The van der Waals surface area contributed by atoms with Gasteiger partial charge in [-0.05, 0) is 18.7 Å². The van der Waals surface area contributed by atoms with Gasteiger partial charge in [-0.3, -0.25) is 14.4 Å². The highest BCUT2D eigenvalue weighted by atomic mass is 32.2. The van der Waals surface area contributed by atoms with Crippen molar-refractivity contribution in [3.63, 3.8) is 0 Å². The normalized spacial score (nSPS) is 14.8. The van der Waals surface area contributed by atoms with Crippen LogP contribution < -0.4 is 16.4 Å². The van der Waals surface area contributed by atoms with E-state index in [2.05, 4.69) is 10.6 Å². The maximum absolute atomic E-state index is 12.4. The molecular formula is C16H23N3O4S. The summed E-state index contributed by atoms with van der Waals surface area (Å²) in [5, 5.41) is 14.0. The Morgan fingerprint density at radius 3 is 2.46 bits per heavy atom. The maximum atomic E-state index is 12.4. The Labute approximate surface area is 146 Å². The van der Waals surface area contributed by atoms with Gasteiger partial charge in [-0.2, -0.15) is 11.8 Å². The summed E-state index contributed by atoms with van der Waals surface area (Å²) in [6.45, 7) is 1.51. The number of nitrogens with one attached hydrogen (secondary N) is 2. The third-order valence-corrected chi connectivity index (χ3v) is 3.97. The average Bonchev–Trinajstić information content (AvgIpc) is 2.59. The lowest BCUT2D eigenvalue weighted by atomic mass is 10.1. The highest BCUT2D eigenvalue weighted by Gasteiger charge is 2.23. The quantitative estimate of drug-likeness (QED) is 0.486. The molecule has 8 heteroatoms. The van der Waals surface area contributed by atoms with E-state index in [0.29, 0.717) is 5.75 Å². The lowest BCUT2D eigenvalue weighted by molar-refractivity contribution is -0.139. The smallest absolute Gasteiger partial charge is 0.305 e. The number of hydrogen-bond acceptors (Lipinski definition) is 5. The first-order chi connectivity index (χ1) is 11.9. The molecule has 0 bridgehead atoms. The van der Waals surface area contributed by atoms with Crippen molar-refractivity contribution in [3.05, 3.63) is 35.9 Å². The van der Waals surface area contributed by atoms with Crippen molar-refractivity contribution in [1.82, 2.24) is 10.6 Å². The molecule has 0 fully saturated rings. The lowest BCUT2D eigenvalue weighted by Gasteiger charge is -2.22. The van der Waals surface area contributed by atoms with Crippen LogP contribution in [0.15, 0.2) is 30.3 Å². The van der Waals surface area contributed by atoms with Crippen LogP contribution in [0.4, 0.5) is 0 Å². The Bertz CT molecular complexity index is 588. The summed E-state index contributed by atoms with van der Waals surface area (Å²) in [4.78, 5) is 35.0. The number of thioether (sulfide) groups is 1. The van der Waals surface area contributed by atoms with E-state index in [-0.39, 0.29) is 11.9 Å². The van der Waals surface area contributed by atoms with E-state index in [1.165, 1.54) is 6.92 Å². The zero-order valence-electron chi connectivity index (χ0n) is 14.6. The van der Waals surface area contributed by atoms with E-state index in [1.54, 1.807) is 11.8 Å². The minimum atomic E-state index is -1.22. The Morgan fingerprint density at radius 2 is 1.92 bits per heavy atom. The van der Waals surface area contributed by atoms with Gasteiger partial charge >= 0.3 is 5.97 Å². The topological polar surface area (TPSA) is 122 Å². The van der Waals surface area contributed by atoms with Gasteiger partial charge in [0.1, 0.15) is 7.45 Å². The van der Waals surface area contributed by atoms with Gasteiger partial charge in [0.15, 0.2) is 0 Å². The SMILES string of the molecule is [2H]N[C@@H](CC(=O)O)C(=O)N[C@@H](C)C(=O)N[C@@H](CSC)c1ccccc1. The van der Waals surface area contributed by atoms with Crippen LogP contribution in [-0.2, 0) is 14.4 Å². The fourth-order valence-electron chi connectivity index (χ4n) is 2.02. The Balaban J connectivity index is 2.67. The molecule has 2 amide bonds. The number of aliphatic carboxylic acids is 1. The molecule has 0 aromatic heterocycles. The number of hydrogen-bond donors (Lipinski definition) is 4. The summed E-state index contributed by atoms with van der Waals surface area (Å²) in [7, 11) is 0. The number of benzene rings is 1. The molecular weight excluding hydrogens is 330 g/mol. The molecule has 0 heterocycles. The monoisotopic (exact) mass is 354 g/mol. The number of amides is 2. The number of carbonyl (C=O) groups excluding carboxylic acids is 2. The van der Waals surface area contributed by atoms with E-state index in [1.807, 2.05) is 42.3 Å². The van der Waals surface area contributed by atoms with Crippen LogP contribution in [0.1, 0.15) is 24.9 Å². The first-order valence-corrected chi connectivity index (χ1v) is 8.82. The second-order valence-electron chi connectivity index (χ2n) is 5.31. The van der Waals surface area contributed by atoms with Crippen molar-refractivity contribution in [3.8, 4) is 0 Å². The molecule has 1 aromatic rings. The van der Waals surface area contributed by atoms with E-state index in [4.69, 9.17) is 6.52 Å². The molecule has 0 spiro atoms. The number of carboxylic acids is 1. The van der Waals surface area contributed by atoms with Gasteiger partial charge in [0, 0.05) is 5.75 Å². The fraction of sp³-hybridized carbons (Fsp3) is 0.438. The van der Waals surface area contributed by atoms with Gasteiger partial charge in [0.25, 0.3) is 0 Å². The molecule has 0 aliphatic carbocycles. The van der Waals surface area contributed by atoms with Gasteiger partial charge < -0.3 is 21.5 Å². The van der Waals surface area contributed by atoms with Gasteiger partial charge in [-0.1, -0.05) is 30.3 Å². The van der Waals surface area contributed by atoms with Gasteiger partial charge in [0.2, 0.25) is 11.8 Å². The minimum Gasteiger partial charge on any atom is -0.481 e. The molecule has 1 aromatic carbocycles. The Kier molecular flexibility index (Phi) is 7.57. The second kappa shape index (κ2) is 9.94. The highest BCUT2D eigenvalue weighted by molar-refractivity contribution is 7.98. The Hall–Kier alpha value is -2.06. The predicted octanol–water partition coefficient (Wildman–Crippen LogP) is 0.514. The fourth-order valence-corrected chi connectivity index (χ4v) is 2.63. The molecule has 0 saturated carbocycles. The molecule has 7 nitrogen and oxygen atoms in total. The van der Waals surface area contributed by atoms with E-state index < -0.39 is 30.4 Å². The van der Waals surface area contributed by atoms with Crippen LogP contribution >= 0.6 is 11.8 Å². The first kappa shape index (κ1) is 18.3. The molecule has 1 rings (SSSR count). The maximum Gasteiger partial charge on any atom is 0.305 e. The summed E-state index contributed by atoms with van der Waals surface area (Å²) < 4.78 is 7.04. The first-order valence-electron chi connectivity index (χ1n) is 7.92. The number of carbonyl (C=O) groups is 3. The standard InChI is InChI=1S/C16H23N3O4S/c1-10(18-16(23)12(17)8-14(20)21)15(22)19-13(9-24-2)11-6-4-3-5-7-11/h3-7,10,12-13H,8-9,17H2,1-2H3,(H,18,23)(H,19,22)(H,20,21)/t10-,12-,13-/m0/s1/i/hD. The molecule has 132 valence electrons. The van der Waals surface area contributed by atoms with E-state index in [0.717, 1.165) is 5.56 Å². The van der Waals surface area contributed by atoms with Crippen molar-refractivity contribution < 1.29 is 20.9 Å². The number of rotatable bonds is 10. The van der Waals surface area contributed by atoms with Crippen molar-refractivity contribution in [2.24, 2.45) is 5.73 Å². The van der Waals surface area contributed by atoms with Gasteiger partial charge in [-0.15, -0.1) is 0 Å². The molecule has 0 radical (unpaired) electrons. The Morgan fingerprint density at radius 1 is 1.25 bits per heavy atom. The van der Waals surface area contributed by atoms with Crippen LogP contribution in [0, 0.1) is 0 Å². The molecule has 0 saturated heterocycles. The largest absolute Gasteiger partial charge is 0.481 e. The summed E-state index contributed by atoms with van der Waals surface area (Å²) in [5.41, 5.74) is 2.85. The number of nitrogens with two attached hydrogens (primary N) is 1. The van der Waals surface area contributed by atoms with E-state index in [9.17, 15) is 14.4 Å². The van der Waals surface area contributed by atoms with Gasteiger partial charge in [0.05, 0.1) is 18.5 Å². The third kappa shape index (κ3) is 6.59. The average molecular weight is 354 g/mol. The highest BCUT2D eigenvalue weighted by Crippen LogP contribution is 2.16. The summed E-state index contributed by atoms with van der Waals surface area (Å²) in [6, 6.07) is 7.21. The van der Waals surface area contributed by atoms with Crippen molar-refractivity contribution in [1.29, 1.82) is 0 Å². The summed E-state index contributed by atoms with van der Waals surface area (Å²) in [6.07, 6.45) is 1.40. The number of carboxylic acid groups (broad SMARTS) is 1. The predicted molar refractivity (Wildman–Crippen MR) is 93.5 cm³/mol. The minimum absolute atomic E-state index is 0.202. The summed E-state index contributed by atoms with van der Waals surface area (Å²) in [5.74, 6) is -1.62. The van der Waals surface area contributed by atoms with Crippen LogP contribution in [0.5, 0.6) is 0 Å². The van der Waals surface area contributed by atoms with Gasteiger partial charge in [-0.25, -0.2) is 0 Å². The lowest BCUT2D eigenvalue weighted by Crippen LogP contribution is -2.51. The van der Waals surface area contributed by atoms with Crippen LogP contribution in [0.25, 0.3) is 0 Å². The molecule has 0 aliphatic rings. The van der Waals surface area contributed by atoms with Crippen LogP contribution in [0.3, 0.4) is 0 Å². The summed E-state index contributed by atoms with van der Waals surface area (Å²) >= 11 is 1.59. The third-order valence-electron chi connectivity index (χ3n) is 3.30. The molecule has 3 atom stereocenters. The zero-order valence-corrected chi connectivity index (χ0v) is 14.4. The molecule has 0 unspecified atom stereocenters. The van der Waals surface area contributed by atoms with Crippen molar-refractivity contribution in [2.75, 3.05) is 12.0 Å². The molecule has 0 aliphatic heterocycles. The second-order valence-corrected chi connectivity index (χ2v) is 6.22. The van der Waals surface area contributed by atoms with Crippen LogP contribution in [-0.4, -0.2) is 47.0 Å². The van der Waals surface area contributed by atoms with Crippen molar-refractivity contribution >= 4 is 29.5 Å². The van der Waals surface area contributed by atoms with Crippen LogP contribution in [0.2, 0.25) is 1.41 Å².